The van der Waals surface area contributed by atoms with Crippen molar-refractivity contribution in [3.05, 3.63) is 45.7 Å². The summed E-state index contributed by atoms with van der Waals surface area (Å²) in [6, 6.07) is 5.55. The van der Waals surface area contributed by atoms with Gasteiger partial charge in [-0.25, -0.2) is 14.8 Å². The number of rotatable bonds is 4. The van der Waals surface area contributed by atoms with Crippen LogP contribution in [-0.2, 0) is 22.4 Å². The predicted molar refractivity (Wildman–Crippen MR) is 120 cm³/mol. The quantitative estimate of drug-likeness (QED) is 0.593. The van der Waals surface area contributed by atoms with Gasteiger partial charge in [0.15, 0.2) is 6.10 Å². The first-order valence-electron chi connectivity index (χ1n) is 10.4. The van der Waals surface area contributed by atoms with E-state index in [2.05, 4.69) is 4.98 Å². The van der Waals surface area contributed by atoms with Crippen LogP contribution in [-0.4, -0.2) is 26.6 Å². The fraction of sp³-hybridized carbons (Fsp3) is 0.417. The van der Waals surface area contributed by atoms with Gasteiger partial charge in [0.05, 0.1) is 5.60 Å². The summed E-state index contributed by atoms with van der Waals surface area (Å²) >= 11 is 1.70. The zero-order chi connectivity index (χ0) is 22.3. The van der Waals surface area contributed by atoms with Gasteiger partial charge in [0.1, 0.15) is 16.6 Å². The van der Waals surface area contributed by atoms with E-state index in [0.717, 1.165) is 47.0 Å². The third-order valence-corrected chi connectivity index (χ3v) is 6.64. The van der Waals surface area contributed by atoms with Crippen LogP contribution in [0.5, 0.6) is 0 Å². The monoisotopic (exact) mass is 435 g/mol. The Kier molecular flexibility index (Phi) is 5.54. The molecule has 0 aromatic carbocycles. The zero-order valence-corrected chi connectivity index (χ0v) is 19.0. The number of aliphatic carboxylic acids is 1. The SMILES string of the molecule is Cc1nc2sc3c(c2c(-c2ccc(C#N)nc2)c1[C@H](OC(C)(C)C)C(=O)O)CCCC3. The summed E-state index contributed by atoms with van der Waals surface area (Å²) < 4.78 is 6.03. The highest BCUT2D eigenvalue weighted by Gasteiger charge is 2.34. The molecule has 1 aliphatic carbocycles. The number of aromatic nitrogens is 2. The van der Waals surface area contributed by atoms with Crippen molar-refractivity contribution < 1.29 is 14.6 Å². The summed E-state index contributed by atoms with van der Waals surface area (Å²) in [4.78, 5) is 23.7. The van der Waals surface area contributed by atoms with Gasteiger partial charge in [-0.2, -0.15) is 5.26 Å². The summed E-state index contributed by atoms with van der Waals surface area (Å²) in [5.74, 6) is -1.05. The minimum Gasteiger partial charge on any atom is -0.479 e. The molecule has 0 radical (unpaired) electrons. The number of carbonyl (C=O) groups is 1. The number of carboxylic acids is 1. The second-order valence-corrected chi connectivity index (χ2v) is 9.95. The van der Waals surface area contributed by atoms with Crippen LogP contribution in [0.2, 0.25) is 0 Å². The first-order valence-corrected chi connectivity index (χ1v) is 11.2. The van der Waals surface area contributed by atoms with Crippen molar-refractivity contribution >= 4 is 27.5 Å². The van der Waals surface area contributed by atoms with E-state index < -0.39 is 17.7 Å². The van der Waals surface area contributed by atoms with E-state index >= 15 is 0 Å². The van der Waals surface area contributed by atoms with Crippen LogP contribution in [0.3, 0.4) is 0 Å². The minimum absolute atomic E-state index is 0.320. The molecule has 160 valence electrons. The van der Waals surface area contributed by atoms with Gasteiger partial charge >= 0.3 is 5.97 Å². The molecule has 0 saturated carbocycles. The summed E-state index contributed by atoms with van der Waals surface area (Å²) in [7, 11) is 0. The summed E-state index contributed by atoms with van der Waals surface area (Å²) in [5.41, 5.74) is 3.72. The fourth-order valence-corrected chi connectivity index (χ4v) is 5.55. The second-order valence-electron chi connectivity index (χ2n) is 8.87. The van der Waals surface area contributed by atoms with Gasteiger partial charge in [-0.05, 0) is 71.1 Å². The Labute approximate surface area is 185 Å². The van der Waals surface area contributed by atoms with Crippen molar-refractivity contribution in [2.24, 2.45) is 0 Å². The van der Waals surface area contributed by atoms with Gasteiger partial charge in [-0.15, -0.1) is 11.3 Å². The second kappa shape index (κ2) is 8.03. The molecule has 0 amide bonds. The van der Waals surface area contributed by atoms with Gasteiger partial charge in [-0.3, -0.25) is 0 Å². The molecule has 0 aliphatic heterocycles. The Morgan fingerprint density at radius 1 is 1.29 bits per heavy atom. The average molecular weight is 436 g/mol. The highest BCUT2D eigenvalue weighted by Crippen LogP contribution is 2.45. The summed E-state index contributed by atoms with van der Waals surface area (Å²) in [6.07, 6.45) is 4.73. The van der Waals surface area contributed by atoms with Crippen LogP contribution in [0.25, 0.3) is 21.3 Å². The number of pyridine rings is 2. The van der Waals surface area contributed by atoms with Crippen molar-refractivity contribution in [2.75, 3.05) is 0 Å². The zero-order valence-electron chi connectivity index (χ0n) is 18.2. The topological polar surface area (TPSA) is 96.1 Å². The molecule has 0 fully saturated rings. The third-order valence-electron chi connectivity index (χ3n) is 5.46. The van der Waals surface area contributed by atoms with E-state index in [-0.39, 0.29) is 0 Å². The Morgan fingerprint density at radius 2 is 2.03 bits per heavy atom. The van der Waals surface area contributed by atoms with Crippen molar-refractivity contribution in [3.8, 4) is 17.2 Å². The number of carboxylic acid groups (broad SMARTS) is 1. The first-order chi connectivity index (χ1) is 14.7. The lowest BCUT2D eigenvalue weighted by Gasteiger charge is -2.28. The largest absolute Gasteiger partial charge is 0.479 e. The lowest BCUT2D eigenvalue weighted by Crippen LogP contribution is -2.28. The number of hydrogen-bond donors (Lipinski definition) is 1. The van der Waals surface area contributed by atoms with Crippen LogP contribution >= 0.6 is 11.3 Å². The number of aryl methyl sites for hydroxylation is 3. The van der Waals surface area contributed by atoms with E-state index in [1.807, 2.05) is 39.8 Å². The Hall–Kier alpha value is -2.82. The molecule has 1 aliphatic rings. The first kappa shape index (κ1) is 21.4. The molecule has 4 rings (SSSR count). The smallest absolute Gasteiger partial charge is 0.337 e. The van der Waals surface area contributed by atoms with Gasteiger partial charge in [0.25, 0.3) is 0 Å². The van der Waals surface area contributed by atoms with Crippen LogP contribution in [0.15, 0.2) is 18.3 Å². The molecule has 0 spiro atoms. The number of nitrogens with zero attached hydrogens (tertiary/aromatic N) is 3. The van der Waals surface area contributed by atoms with E-state index in [0.29, 0.717) is 17.0 Å². The van der Waals surface area contributed by atoms with E-state index in [1.54, 1.807) is 23.6 Å². The van der Waals surface area contributed by atoms with Gasteiger partial charge in [-0.1, -0.05) is 0 Å². The standard InChI is InChI=1S/C24H25N3O3S/c1-13-18(21(23(28)29)30-24(2,3)4)19(14-9-10-15(11-25)26-12-14)20-16-7-5-6-8-17(16)31-22(20)27-13/h9-10,12,21H,5-8H2,1-4H3,(H,28,29)/t21-/m0/s1. The fourth-order valence-electron chi connectivity index (χ4n) is 4.23. The maximum atomic E-state index is 12.4. The molecule has 1 N–H and O–H groups in total. The molecular weight excluding hydrogens is 410 g/mol. The third kappa shape index (κ3) is 4.06. The van der Waals surface area contributed by atoms with Crippen LogP contribution < -0.4 is 0 Å². The number of ether oxygens (including phenoxy) is 1. The van der Waals surface area contributed by atoms with Gasteiger partial charge in [0, 0.05) is 38.8 Å². The minimum atomic E-state index is -1.17. The number of hydrogen-bond acceptors (Lipinski definition) is 6. The molecule has 3 heterocycles. The molecular formula is C24H25N3O3S. The molecule has 3 aromatic heterocycles. The van der Waals surface area contributed by atoms with Crippen molar-refractivity contribution in [2.45, 2.75) is 65.1 Å². The predicted octanol–water partition coefficient (Wildman–Crippen LogP) is 5.36. The molecule has 0 saturated heterocycles. The lowest BCUT2D eigenvalue weighted by atomic mass is 9.88. The van der Waals surface area contributed by atoms with Crippen molar-refractivity contribution in [1.82, 2.24) is 9.97 Å². The Balaban J connectivity index is 2.08. The van der Waals surface area contributed by atoms with E-state index in [1.165, 1.54) is 10.4 Å². The van der Waals surface area contributed by atoms with Crippen LogP contribution in [0.4, 0.5) is 0 Å². The summed E-state index contributed by atoms with van der Waals surface area (Å²) in [5, 5.41) is 20.3. The normalized spacial score (nSPS) is 14.8. The molecule has 7 heteroatoms. The number of fused-ring (bicyclic) bond motifs is 3. The van der Waals surface area contributed by atoms with E-state index in [4.69, 9.17) is 15.0 Å². The van der Waals surface area contributed by atoms with Crippen molar-refractivity contribution in [1.29, 1.82) is 5.26 Å². The Morgan fingerprint density at radius 3 is 2.65 bits per heavy atom. The van der Waals surface area contributed by atoms with Crippen molar-refractivity contribution in [3.63, 3.8) is 0 Å². The molecule has 1 atom stereocenters. The van der Waals surface area contributed by atoms with Gasteiger partial charge in [0.2, 0.25) is 0 Å². The molecule has 0 bridgehead atoms. The number of thiophene rings is 1. The molecule has 0 unspecified atom stereocenters. The maximum Gasteiger partial charge on any atom is 0.337 e. The van der Waals surface area contributed by atoms with Crippen LogP contribution in [0, 0.1) is 18.3 Å². The summed E-state index contributed by atoms with van der Waals surface area (Å²) in [6.45, 7) is 7.38. The lowest BCUT2D eigenvalue weighted by molar-refractivity contribution is -0.160. The van der Waals surface area contributed by atoms with Gasteiger partial charge < -0.3 is 9.84 Å². The van der Waals surface area contributed by atoms with Crippen LogP contribution in [0.1, 0.15) is 67.1 Å². The molecule has 3 aromatic rings. The Bertz CT molecular complexity index is 1200. The highest BCUT2D eigenvalue weighted by atomic mass is 32.1. The van der Waals surface area contributed by atoms with E-state index in [9.17, 15) is 9.90 Å². The molecule has 6 nitrogen and oxygen atoms in total. The average Bonchev–Trinajstić information content (AvgIpc) is 3.08. The number of nitriles is 1. The highest BCUT2D eigenvalue weighted by molar-refractivity contribution is 7.19. The maximum absolute atomic E-state index is 12.4. The molecule has 31 heavy (non-hydrogen) atoms.